The maximum Gasteiger partial charge on any atom is 0.128 e. The number of hydrogen-bond donors (Lipinski definition) is 1. The third-order valence-corrected chi connectivity index (χ3v) is 3.07. The van der Waals surface area contributed by atoms with Crippen LogP contribution in [0.2, 0.25) is 0 Å². The summed E-state index contributed by atoms with van der Waals surface area (Å²) in [6.07, 6.45) is 0.856. The van der Waals surface area contributed by atoms with Gasteiger partial charge in [-0.15, -0.1) is 0 Å². The van der Waals surface area contributed by atoms with Gasteiger partial charge in [-0.1, -0.05) is 19.1 Å². The largest absolute Gasteiger partial charge is 0.306 e. The maximum absolute atomic E-state index is 13.9. The van der Waals surface area contributed by atoms with Crippen LogP contribution in [0.5, 0.6) is 0 Å². The van der Waals surface area contributed by atoms with Gasteiger partial charge in [-0.2, -0.15) is 0 Å². The van der Waals surface area contributed by atoms with Crippen LogP contribution in [0.15, 0.2) is 42.5 Å². The maximum atomic E-state index is 13.9. The molecule has 0 radical (unpaired) electrons. The summed E-state index contributed by atoms with van der Waals surface area (Å²) in [5.41, 5.74) is 0.925. The molecule has 0 spiro atoms. The number of halogens is 3. The van der Waals surface area contributed by atoms with E-state index in [4.69, 9.17) is 0 Å². The molecule has 0 saturated carbocycles. The molecular formula is C16H16F3N. The Balaban J connectivity index is 2.41. The molecule has 0 heterocycles. The Morgan fingerprint density at radius 3 is 2.25 bits per heavy atom. The van der Waals surface area contributed by atoms with Crippen LogP contribution in [-0.2, 0) is 0 Å². The molecule has 4 heteroatoms. The summed E-state index contributed by atoms with van der Waals surface area (Å²) in [7, 11) is 0. The minimum atomic E-state index is -0.494. The summed E-state index contributed by atoms with van der Waals surface area (Å²) >= 11 is 0. The third kappa shape index (κ3) is 3.39. The van der Waals surface area contributed by atoms with Crippen LogP contribution >= 0.6 is 0 Å². The Labute approximate surface area is 116 Å². The fraction of sp³-hybridized carbons (Fsp3) is 0.250. The molecule has 1 N–H and O–H groups in total. The predicted octanol–water partition coefficient (Wildman–Crippen LogP) is 4.19. The molecular weight excluding hydrogens is 263 g/mol. The van der Waals surface area contributed by atoms with Crippen LogP contribution in [0.25, 0.3) is 0 Å². The summed E-state index contributed by atoms with van der Waals surface area (Å²) in [6.45, 7) is 2.63. The van der Waals surface area contributed by atoms with Gasteiger partial charge >= 0.3 is 0 Å². The van der Waals surface area contributed by atoms with E-state index >= 15 is 0 Å². The van der Waals surface area contributed by atoms with Gasteiger partial charge in [0, 0.05) is 5.56 Å². The van der Waals surface area contributed by atoms with Crippen molar-refractivity contribution in [2.45, 2.75) is 19.4 Å². The van der Waals surface area contributed by atoms with E-state index in [0.29, 0.717) is 12.1 Å². The molecule has 1 unspecified atom stereocenters. The number of hydrogen-bond acceptors (Lipinski definition) is 1. The van der Waals surface area contributed by atoms with Crippen LogP contribution < -0.4 is 5.32 Å². The Morgan fingerprint density at radius 2 is 1.60 bits per heavy atom. The average Bonchev–Trinajstić information content (AvgIpc) is 2.44. The molecule has 0 bridgehead atoms. The summed E-state index contributed by atoms with van der Waals surface area (Å²) in [6, 6.07) is 8.65. The summed E-state index contributed by atoms with van der Waals surface area (Å²) in [5.74, 6) is -1.33. The molecule has 0 aromatic heterocycles. The van der Waals surface area contributed by atoms with Crippen molar-refractivity contribution in [1.29, 1.82) is 0 Å². The number of rotatable bonds is 5. The second kappa shape index (κ2) is 6.57. The quantitative estimate of drug-likeness (QED) is 0.865. The lowest BCUT2D eigenvalue weighted by molar-refractivity contribution is 0.534. The fourth-order valence-electron chi connectivity index (χ4n) is 2.09. The molecule has 0 aliphatic carbocycles. The van der Waals surface area contributed by atoms with Gasteiger partial charge in [0.25, 0.3) is 0 Å². The first-order valence-corrected chi connectivity index (χ1v) is 6.55. The first-order valence-electron chi connectivity index (χ1n) is 6.55. The van der Waals surface area contributed by atoms with Crippen LogP contribution in [0.3, 0.4) is 0 Å². The SMILES string of the molecule is CCCNC(c1ccc(F)cc1)c1cc(F)ccc1F. The van der Waals surface area contributed by atoms with E-state index in [2.05, 4.69) is 5.32 Å². The highest BCUT2D eigenvalue weighted by atomic mass is 19.1. The van der Waals surface area contributed by atoms with Gasteiger partial charge in [-0.05, 0) is 48.9 Å². The minimum absolute atomic E-state index is 0.227. The highest BCUT2D eigenvalue weighted by Gasteiger charge is 2.18. The van der Waals surface area contributed by atoms with E-state index in [9.17, 15) is 13.2 Å². The Bertz CT molecular complexity index is 566. The standard InChI is InChI=1S/C16H16F3N/c1-2-9-20-16(11-3-5-12(17)6-4-11)14-10-13(18)7-8-15(14)19/h3-8,10,16,20H,2,9H2,1H3. The number of nitrogens with one attached hydrogen (secondary N) is 1. The molecule has 0 aliphatic heterocycles. The van der Waals surface area contributed by atoms with Gasteiger partial charge in [0.2, 0.25) is 0 Å². The highest BCUT2D eigenvalue weighted by molar-refractivity contribution is 5.33. The summed E-state index contributed by atoms with van der Waals surface area (Å²) in [5, 5.41) is 3.16. The van der Waals surface area contributed by atoms with Crippen molar-refractivity contribution in [2.24, 2.45) is 0 Å². The van der Waals surface area contributed by atoms with Crippen LogP contribution in [0, 0.1) is 17.5 Å². The van der Waals surface area contributed by atoms with Gasteiger partial charge < -0.3 is 5.32 Å². The molecule has 106 valence electrons. The Kier molecular flexibility index (Phi) is 4.79. The summed E-state index contributed by atoms with van der Waals surface area (Å²) < 4.78 is 40.3. The van der Waals surface area contributed by atoms with Crippen molar-refractivity contribution >= 4 is 0 Å². The van der Waals surface area contributed by atoms with Gasteiger partial charge in [0.05, 0.1) is 6.04 Å². The van der Waals surface area contributed by atoms with E-state index in [0.717, 1.165) is 18.6 Å². The normalized spacial score (nSPS) is 12.4. The Hall–Kier alpha value is -1.81. The topological polar surface area (TPSA) is 12.0 Å². The van der Waals surface area contributed by atoms with Gasteiger partial charge in [0.1, 0.15) is 17.5 Å². The van der Waals surface area contributed by atoms with E-state index in [1.54, 1.807) is 12.1 Å². The molecule has 0 amide bonds. The van der Waals surface area contributed by atoms with Crippen molar-refractivity contribution in [2.75, 3.05) is 6.54 Å². The van der Waals surface area contributed by atoms with E-state index in [1.165, 1.54) is 18.2 Å². The molecule has 0 fully saturated rings. The van der Waals surface area contributed by atoms with Crippen molar-refractivity contribution in [3.05, 3.63) is 71.0 Å². The molecule has 1 nitrogen and oxygen atoms in total. The van der Waals surface area contributed by atoms with Crippen molar-refractivity contribution in [3.8, 4) is 0 Å². The van der Waals surface area contributed by atoms with Crippen LogP contribution in [-0.4, -0.2) is 6.54 Å². The first kappa shape index (κ1) is 14.6. The van der Waals surface area contributed by atoms with Gasteiger partial charge in [0.15, 0.2) is 0 Å². The fourth-order valence-corrected chi connectivity index (χ4v) is 2.09. The zero-order valence-corrected chi connectivity index (χ0v) is 11.2. The van der Waals surface area contributed by atoms with Crippen molar-refractivity contribution in [1.82, 2.24) is 5.32 Å². The highest BCUT2D eigenvalue weighted by Crippen LogP contribution is 2.25. The monoisotopic (exact) mass is 279 g/mol. The Morgan fingerprint density at radius 1 is 0.950 bits per heavy atom. The van der Waals surface area contributed by atoms with E-state index in [1.807, 2.05) is 6.92 Å². The lowest BCUT2D eigenvalue weighted by Crippen LogP contribution is -2.24. The molecule has 2 aromatic rings. The third-order valence-electron chi connectivity index (χ3n) is 3.07. The number of benzene rings is 2. The molecule has 0 saturated heterocycles. The zero-order valence-electron chi connectivity index (χ0n) is 11.2. The second-order valence-corrected chi connectivity index (χ2v) is 4.60. The van der Waals surface area contributed by atoms with Gasteiger partial charge in [-0.25, -0.2) is 13.2 Å². The van der Waals surface area contributed by atoms with E-state index < -0.39 is 17.7 Å². The van der Waals surface area contributed by atoms with Crippen molar-refractivity contribution in [3.63, 3.8) is 0 Å². The minimum Gasteiger partial charge on any atom is -0.306 e. The van der Waals surface area contributed by atoms with Crippen LogP contribution in [0.1, 0.15) is 30.5 Å². The molecule has 0 aliphatic rings. The van der Waals surface area contributed by atoms with E-state index in [-0.39, 0.29) is 11.4 Å². The van der Waals surface area contributed by atoms with Crippen LogP contribution in [0.4, 0.5) is 13.2 Å². The molecule has 2 rings (SSSR count). The lowest BCUT2D eigenvalue weighted by Gasteiger charge is -2.20. The molecule has 2 aromatic carbocycles. The average molecular weight is 279 g/mol. The first-order chi connectivity index (χ1) is 9.61. The smallest absolute Gasteiger partial charge is 0.128 e. The second-order valence-electron chi connectivity index (χ2n) is 4.60. The molecule has 1 atom stereocenters. The van der Waals surface area contributed by atoms with Gasteiger partial charge in [-0.3, -0.25) is 0 Å². The summed E-state index contributed by atoms with van der Waals surface area (Å²) in [4.78, 5) is 0. The molecule has 20 heavy (non-hydrogen) atoms. The zero-order chi connectivity index (χ0) is 14.5. The lowest BCUT2D eigenvalue weighted by atomic mass is 9.98. The predicted molar refractivity (Wildman–Crippen MR) is 72.9 cm³/mol. The van der Waals surface area contributed by atoms with Crippen molar-refractivity contribution < 1.29 is 13.2 Å².